The second-order valence-electron chi connectivity index (χ2n) is 5.37. The van der Waals surface area contributed by atoms with Crippen LogP contribution in [0.25, 0.3) is 0 Å². The molecule has 2 heterocycles. The Morgan fingerprint density at radius 1 is 1.27 bits per heavy atom. The molecule has 6 heteroatoms. The van der Waals surface area contributed by atoms with Gasteiger partial charge in [0.25, 0.3) is 0 Å². The number of hydrogen-bond acceptors (Lipinski definition) is 3. The monoisotopic (exact) mass is 400 g/mol. The van der Waals surface area contributed by atoms with Crippen LogP contribution in [0, 0.1) is 6.92 Å². The minimum atomic E-state index is 0.0585. The summed E-state index contributed by atoms with van der Waals surface area (Å²) in [7, 11) is 0. The predicted molar refractivity (Wildman–Crippen MR) is 94.4 cm³/mol. The molecule has 22 heavy (non-hydrogen) atoms. The van der Waals surface area contributed by atoms with E-state index in [0.717, 1.165) is 35.4 Å². The van der Waals surface area contributed by atoms with Crippen molar-refractivity contribution in [1.82, 2.24) is 4.98 Å². The van der Waals surface area contributed by atoms with E-state index in [2.05, 4.69) is 25.8 Å². The Morgan fingerprint density at radius 2 is 2.00 bits per heavy atom. The van der Waals surface area contributed by atoms with E-state index in [1.807, 2.05) is 31.2 Å². The Hall–Kier alpha value is -0.970. The van der Waals surface area contributed by atoms with Crippen LogP contribution in [0.3, 0.4) is 0 Å². The zero-order chi connectivity index (χ0) is 15.7. The van der Waals surface area contributed by atoms with Gasteiger partial charge in [-0.1, -0.05) is 23.2 Å². The Labute approximate surface area is 148 Å². The third-order valence-corrected chi connectivity index (χ3v) is 4.64. The zero-order valence-corrected chi connectivity index (χ0v) is 15.1. The molecule has 1 aromatic heterocycles. The molecule has 1 saturated heterocycles. The van der Waals surface area contributed by atoms with Crippen molar-refractivity contribution in [3.63, 3.8) is 0 Å². The molecule has 3 rings (SSSR count). The van der Waals surface area contributed by atoms with Crippen molar-refractivity contribution < 1.29 is 4.74 Å². The van der Waals surface area contributed by atoms with Crippen molar-refractivity contribution in [3.05, 3.63) is 50.5 Å². The van der Waals surface area contributed by atoms with Crippen LogP contribution in [0.2, 0.25) is 10.0 Å². The Bertz CT molecular complexity index is 655. The average molecular weight is 402 g/mol. The lowest BCUT2D eigenvalue weighted by molar-refractivity contribution is 0.225. The molecule has 1 aliphatic heterocycles. The molecule has 1 aliphatic rings. The number of rotatable bonds is 3. The fraction of sp³-hybridized carbons (Fsp3) is 0.312. The molecule has 3 nitrogen and oxygen atoms in total. The number of halogens is 3. The lowest BCUT2D eigenvalue weighted by atomic mass is 10.2. The number of anilines is 1. The van der Waals surface area contributed by atoms with Gasteiger partial charge < -0.3 is 9.64 Å². The van der Waals surface area contributed by atoms with Gasteiger partial charge in [-0.15, -0.1) is 0 Å². The molecule has 1 atom stereocenters. The van der Waals surface area contributed by atoms with Crippen LogP contribution in [-0.4, -0.2) is 24.2 Å². The molecule has 0 bridgehead atoms. The number of ether oxygens (including phenoxy) is 1. The van der Waals surface area contributed by atoms with Gasteiger partial charge in [0, 0.05) is 23.6 Å². The van der Waals surface area contributed by atoms with Gasteiger partial charge >= 0.3 is 0 Å². The highest BCUT2D eigenvalue weighted by Gasteiger charge is 2.26. The maximum Gasteiger partial charge on any atom is 0.156 e. The molecule has 2 aromatic rings. The van der Waals surface area contributed by atoms with Gasteiger partial charge in [0.1, 0.15) is 11.9 Å². The number of aromatic nitrogens is 1. The molecule has 0 aliphatic carbocycles. The topological polar surface area (TPSA) is 25.4 Å². The number of benzene rings is 1. The average Bonchev–Trinajstić information content (AvgIpc) is 2.92. The first-order valence-corrected chi connectivity index (χ1v) is 8.56. The highest BCUT2D eigenvalue weighted by molar-refractivity contribution is 9.10. The van der Waals surface area contributed by atoms with Gasteiger partial charge in [-0.3, -0.25) is 0 Å². The molecule has 116 valence electrons. The molecule has 0 spiro atoms. The van der Waals surface area contributed by atoms with Gasteiger partial charge in [-0.25, -0.2) is 4.98 Å². The minimum absolute atomic E-state index is 0.0585. The second-order valence-corrected chi connectivity index (χ2v) is 7.10. The molecule has 1 aromatic carbocycles. The van der Waals surface area contributed by atoms with E-state index < -0.39 is 0 Å². The first-order valence-electron chi connectivity index (χ1n) is 7.02. The number of pyridine rings is 1. The van der Waals surface area contributed by atoms with E-state index in [-0.39, 0.29) is 6.10 Å². The standard InChI is InChI=1S/C16H15BrCl2N2O/c1-10-6-13(18)16(14(19)7-10)22-12-4-5-21(9-12)15-3-2-11(17)8-20-15/h2-3,6-8,12H,4-5,9H2,1H3/t12-/m0/s1. The lowest BCUT2D eigenvalue weighted by Gasteiger charge is -2.19. The van der Waals surface area contributed by atoms with Crippen LogP contribution in [0.1, 0.15) is 12.0 Å². The van der Waals surface area contributed by atoms with E-state index in [9.17, 15) is 0 Å². The highest BCUT2D eigenvalue weighted by Crippen LogP contribution is 2.36. The molecule has 0 unspecified atom stereocenters. The van der Waals surface area contributed by atoms with Crippen molar-refractivity contribution in [2.24, 2.45) is 0 Å². The van der Waals surface area contributed by atoms with Crippen LogP contribution >= 0.6 is 39.1 Å². The summed E-state index contributed by atoms with van der Waals surface area (Å²) in [6.45, 7) is 3.63. The van der Waals surface area contributed by atoms with E-state index in [0.29, 0.717) is 15.8 Å². The summed E-state index contributed by atoms with van der Waals surface area (Å²) in [5, 5.41) is 1.12. The molecule has 0 saturated carbocycles. The number of nitrogens with zero attached hydrogens (tertiary/aromatic N) is 2. The lowest BCUT2D eigenvalue weighted by Crippen LogP contribution is -2.25. The Morgan fingerprint density at radius 3 is 2.64 bits per heavy atom. The molecule has 0 N–H and O–H groups in total. The van der Waals surface area contributed by atoms with Gasteiger partial charge in [0.15, 0.2) is 5.75 Å². The summed E-state index contributed by atoms with van der Waals surface area (Å²) in [6, 6.07) is 7.72. The van der Waals surface area contributed by atoms with Gasteiger partial charge in [-0.05, 0) is 52.7 Å². The van der Waals surface area contributed by atoms with E-state index >= 15 is 0 Å². The first-order chi connectivity index (χ1) is 10.5. The van der Waals surface area contributed by atoms with Gasteiger partial charge in [0.2, 0.25) is 0 Å². The fourth-order valence-electron chi connectivity index (χ4n) is 2.55. The van der Waals surface area contributed by atoms with Crippen LogP contribution < -0.4 is 9.64 Å². The van der Waals surface area contributed by atoms with Crippen molar-refractivity contribution in [2.45, 2.75) is 19.4 Å². The molecule has 0 radical (unpaired) electrons. The number of aryl methyl sites for hydroxylation is 1. The second kappa shape index (κ2) is 6.65. The van der Waals surface area contributed by atoms with Crippen molar-refractivity contribution in [2.75, 3.05) is 18.0 Å². The van der Waals surface area contributed by atoms with Crippen LogP contribution in [-0.2, 0) is 0 Å². The van der Waals surface area contributed by atoms with E-state index in [4.69, 9.17) is 27.9 Å². The zero-order valence-electron chi connectivity index (χ0n) is 12.0. The van der Waals surface area contributed by atoms with Crippen molar-refractivity contribution >= 4 is 44.9 Å². The molecule has 0 amide bonds. The maximum atomic E-state index is 6.24. The van der Waals surface area contributed by atoms with Crippen LogP contribution in [0.15, 0.2) is 34.9 Å². The Kier molecular flexibility index (Phi) is 4.81. The summed E-state index contributed by atoms with van der Waals surface area (Å²) >= 11 is 15.9. The molecular formula is C16H15BrCl2N2O. The SMILES string of the molecule is Cc1cc(Cl)c(O[C@H]2CCN(c3ccc(Br)cn3)C2)c(Cl)c1. The largest absolute Gasteiger partial charge is 0.485 e. The minimum Gasteiger partial charge on any atom is -0.485 e. The first kappa shape index (κ1) is 15.9. The Balaban J connectivity index is 1.70. The third-order valence-electron chi connectivity index (χ3n) is 3.61. The third kappa shape index (κ3) is 3.50. The van der Waals surface area contributed by atoms with Gasteiger partial charge in [-0.2, -0.15) is 0 Å². The van der Waals surface area contributed by atoms with Gasteiger partial charge in [0.05, 0.1) is 16.6 Å². The fourth-order valence-corrected chi connectivity index (χ4v) is 3.47. The summed E-state index contributed by atoms with van der Waals surface area (Å²) in [5.74, 6) is 1.53. The number of hydrogen-bond donors (Lipinski definition) is 0. The van der Waals surface area contributed by atoms with Crippen LogP contribution in [0.5, 0.6) is 5.75 Å². The van der Waals surface area contributed by atoms with Crippen LogP contribution in [0.4, 0.5) is 5.82 Å². The van der Waals surface area contributed by atoms with Crippen molar-refractivity contribution in [1.29, 1.82) is 0 Å². The maximum absolute atomic E-state index is 6.24. The summed E-state index contributed by atoms with van der Waals surface area (Å²) < 4.78 is 7.00. The van der Waals surface area contributed by atoms with E-state index in [1.54, 1.807) is 6.20 Å². The quantitative estimate of drug-likeness (QED) is 0.713. The normalized spacial score (nSPS) is 17.8. The van der Waals surface area contributed by atoms with Crippen molar-refractivity contribution in [3.8, 4) is 5.75 Å². The molecular weight excluding hydrogens is 387 g/mol. The highest BCUT2D eigenvalue weighted by atomic mass is 79.9. The van der Waals surface area contributed by atoms with E-state index in [1.165, 1.54) is 0 Å². The summed E-state index contributed by atoms with van der Waals surface area (Å²) in [4.78, 5) is 6.62. The summed E-state index contributed by atoms with van der Waals surface area (Å²) in [6.07, 6.45) is 2.78. The summed E-state index contributed by atoms with van der Waals surface area (Å²) in [5.41, 5.74) is 1.02. The molecule has 1 fully saturated rings. The predicted octanol–water partition coefficient (Wildman–Crippen LogP) is 5.12. The smallest absolute Gasteiger partial charge is 0.156 e.